The normalized spacial score (nSPS) is 12.0. The molecule has 0 aromatic carbocycles. The molecule has 0 aliphatic carbocycles. The zero-order valence-electron chi connectivity index (χ0n) is 34.1. The number of hydrogen-bond donors (Lipinski definition) is 0. The maximum absolute atomic E-state index is 12.6. The van der Waals surface area contributed by atoms with Crippen LogP contribution in [0.4, 0.5) is 0 Å². The number of carbonyl (C=O) groups excluding carboxylic acids is 3. The van der Waals surface area contributed by atoms with Gasteiger partial charge in [0.2, 0.25) is 0 Å². The summed E-state index contributed by atoms with van der Waals surface area (Å²) in [6, 6.07) is 0. The van der Waals surface area contributed by atoms with Crippen molar-refractivity contribution in [2.45, 2.75) is 245 Å². The maximum Gasteiger partial charge on any atom is 0.306 e. The molecule has 6 heteroatoms. The summed E-state index contributed by atoms with van der Waals surface area (Å²) in [5.74, 6) is -0.872. The third-order valence-electron chi connectivity index (χ3n) is 9.77. The van der Waals surface area contributed by atoms with Crippen molar-refractivity contribution in [1.82, 2.24) is 0 Å². The molecule has 0 radical (unpaired) electrons. The molecule has 0 rings (SSSR count). The van der Waals surface area contributed by atoms with Crippen molar-refractivity contribution in [3.8, 4) is 0 Å². The lowest BCUT2D eigenvalue weighted by Crippen LogP contribution is -2.30. The van der Waals surface area contributed by atoms with Gasteiger partial charge >= 0.3 is 17.9 Å². The molecule has 0 N–H and O–H groups in total. The van der Waals surface area contributed by atoms with Crippen LogP contribution >= 0.6 is 0 Å². The van der Waals surface area contributed by atoms with Crippen molar-refractivity contribution in [3.05, 3.63) is 12.2 Å². The maximum atomic E-state index is 12.6. The molecule has 0 saturated heterocycles. The minimum absolute atomic E-state index is 0.0677. The number of ether oxygens (including phenoxy) is 3. The lowest BCUT2D eigenvalue weighted by molar-refractivity contribution is -0.167. The highest BCUT2D eigenvalue weighted by atomic mass is 16.6. The Labute approximate surface area is 316 Å². The minimum Gasteiger partial charge on any atom is -0.462 e. The fraction of sp³-hybridized carbons (Fsp3) is 0.889. The van der Waals surface area contributed by atoms with Gasteiger partial charge in [-0.15, -0.1) is 0 Å². The lowest BCUT2D eigenvalue weighted by Gasteiger charge is -2.18. The molecule has 1 unspecified atom stereocenters. The van der Waals surface area contributed by atoms with E-state index in [-0.39, 0.29) is 31.1 Å². The topological polar surface area (TPSA) is 78.9 Å². The van der Waals surface area contributed by atoms with Crippen LogP contribution in [0.15, 0.2) is 12.2 Å². The molecular weight excluding hydrogens is 636 g/mol. The van der Waals surface area contributed by atoms with E-state index in [0.29, 0.717) is 19.3 Å². The van der Waals surface area contributed by atoms with E-state index in [1.54, 1.807) is 0 Å². The van der Waals surface area contributed by atoms with E-state index < -0.39 is 6.10 Å². The molecule has 6 nitrogen and oxygen atoms in total. The highest BCUT2D eigenvalue weighted by Gasteiger charge is 2.19. The first kappa shape index (κ1) is 49.1. The van der Waals surface area contributed by atoms with Crippen LogP contribution in [0.25, 0.3) is 0 Å². The van der Waals surface area contributed by atoms with Crippen LogP contribution < -0.4 is 0 Å². The van der Waals surface area contributed by atoms with E-state index in [9.17, 15) is 14.4 Å². The van der Waals surface area contributed by atoms with Crippen LogP contribution in [-0.2, 0) is 28.6 Å². The standard InChI is InChI=1S/C45H84O6/c1-4-7-10-13-16-19-20-21-22-23-24-27-29-32-35-38-44(47)50-41-42(51-45(48)39-36-33-30-26-18-15-12-9-6-3)40-49-43(46)37-34-31-28-25-17-14-11-8-5-2/h19-20,42H,4-18,21-41H2,1-3H3/b20-19-. The van der Waals surface area contributed by atoms with Gasteiger partial charge in [-0.05, 0) is 44.9 Å². The van der Waals surface area contributed by atoms with E-state index in [4.69, 9.17) is 14.2 Å². The molecule has 0 saturated carbocycles. The van der Waals surface area contributed by atoms with Crippen LogP contribution in [0.5, 0.6) is 0 Å². The van der Waals surface area contributed by atoms with Crippen LogP contribution in [-0.4, -0.2) is 37.2 Å². The zero-order valence-corrected chi connectivity index (χ0v) is 34.1. The molecular formula is C45H84O6. The van der Waals surface area contributed by atoms with E-state index in [2.05, 4.69) is 32.9 Å². The van der Waals surface area contributed by atoms with Gasteiger partial charge < -0.3 is 14.2 Å². The minimum atomic E-state index is -0.761. The lowest BCUT2D eigenvalue weighted by atomic mass is 10.1. The Bertz CT molecular complexity index is 794. The molecule has 1 atom stereocenters. The van der Waals surface area contributed by atoms with E-state index >= 15 is 0 Å². The first-order valence-electron chi connectivity index (χ1n) is 22.2. The van der Waals surface area contributed by atoms with E-state index in [1.807, 2.05) is 0 Å². The first-order chi connectivity index (χ1) is 25.0. The molecule has 0 aromatic rings. The quantitative estimate of drug-likeness (QED) is 0.0271. The predicted octanol–water partition coefficient (Wildman–Crippen LogP) is 13.9. The molecule has 51 heavy (non-hydrogen) atoms. The number of unbranched alkanes of at least 4 members (excludes halogenated alkanes) is 27. The summed E-state index contributed by atoms with van der Waals surface area (Å²) >= 11 is 0. The Morgan fingerprint density at radius 3 is 1.00 bits per heavy atom. The highest BCUT2D eigenvalue weighted by Crippen LogP contribution is 2.14. The highest BCUT2D eigenvalue weighted by molar-refractivity contribution is 5.71. The van der Waals surface area contributed by atoms with Crippen molar-refractivity contribution >= 4 is 17.9 Å². The van der Waals surface area contributed by atoms with Gasteiger partial charge in [0.1, 0.15) is 13.2 Å². The predicted molar refractivity (Wildman–Crippen MR) is 215 cm³/mol. The van der Waals surface area contributed by atoms with Gasteiger partial charge in [0.15, 0.2) is 6.10 Å². The van der Waals surface area contributed by atoms with Gasteiger partial charge in [-0.25, -0.2) is 0 Å². The van der Waals surface area contributed by atoms with Crippen LogP contribution in [0.2, 0.25) is 0 Å². The number of carbonyl (C=O) groups is 3. The van der Waals surface area contributed by atoms with Crippen molar-refractivity contribution < 1.29 is 28.6 Å². The summed E-state index contributed by atoms with van der Waals surface area (Å²) in [5.41, 5.74) is 0. The molecule has 0 fully saturated rings. The van der Waals surface area contributed by atoms with Crippen LogP contribution in [0.3, 0.4) is 0 Å². The smallest absolute Gasteiger partial charge is 0.306 e. The number of rotatable bonds is 40. The summed E-state index contributed by atoms with van der Waals surface area (Å²) in [5, 5.41) is 0. The Balaban J connectivity index is 4.29. The largest absolute Gasteiger partial charge is 0.462 e. The molecule has 0 aliphatic rings. The number of allylic oxidation sites excluding steroid dienone is 2. The van der Waals surface area contributed by atoms with Crippen LogP contribution in [0, 0.1) is 0 Å². The third kappa shape index (κ3) is 39.2. The van der Waals surface area contributed by atoms with E-state index in [0.717, 1.165) is 57.8 Å². The summed E-state index contributed by atoms with van der Waals surface area (Å²) in [6.07, 6.45) is 41.9. The molecule has 0 aromatic heterocycles. The Kier molecular flexibility index (Phi) is 39.4. The van der Waals surface area contributed by atoms with Crippen molar-refractivity contribution in [3.63, 3.8) is 0 Å². The van der Waals surface area contributed by atoms with Gasteiger partial charge in [0, 0.05) is 19.3 Å². The fourth-order valence-corrected chi connectivity index (χ4v) is 6.38. The Hall–Kier alpha value is -1.85. The SMILES string of the molecule is CCCCCC/C=C\CCCCCCCCCC(=O)OCC(COC(=O)CCCCCCCCCCC)OC(=O)CCCCCCCCCCC. The van der Waals surface area contributed by atoms with Gasteiger partial charge in [0.05, 0.1) is 0 Å². The number of hydrogen-bond acceptors (Lipinski definition) is 6. The van der Waals surface area contributed by atoms with Gasteiger partial charge in [0.25, 0.3) is 0 Å². The van der Waals surface area contributed by atoms with Crippen molar-refractivity contribution in [2.75, 3.05) is 13.2 Å². The second-order valence-corrected chi connectivity index (χ2v) is 15.0. The molecule has 0 bridgehead atoms. The Morgan fingerprint density at radius 2 is 0.647 bits per heavy atom. The van der Waals surface area contributed by atoms with Crippen molar-refractivity contribution in [1.29, 1.82) is 0 Å². The average Bonchev–Trinajstić information content (AvgIpc) is 3.12. The van der Waals surface area contributed by atoms with Gasteiger partial charge in [-0.3, -0.25) is 14.4 Å². The zero-order chi connectivity index (χ0) is 37.3. The second kappa shape index (κ2) is 40.9. The molecule has 300 valence electrons. The van der Waals surface area contributed by atoms with Crippen molar-refractivity contribution in [2.24, 2.45) is 0 Å². The summed E-state index contributed by atoms with van der Waals surface area (Å²) in [7, 11) is 0. The fourth-order valence-electron chi connectivity index (χ4n) is 6.38. The summed E-state index contributed by atoms with van der Waals surface area (Å²) in [4.78, 5) is 37.5. The van der Waals surface area contributed by atoms with Gasteiger partial charge in [-0.1, -0.05) is 187 Å². The Morgan fingerprint density at radius 1 is 0.373 bits per heavy atom. The number of esters is 3. The molecule has 0 spiro atoms. The monoisotopic (exact) mass is 721 g/mol. The summed E-state index contributed by atoms with van der Waals surface area (Å²) < 4.78 is 16.6. The van der Waals surface area contributed by atoms with Crippen LogP contribution in [0.1, 0.15) is 239 Å². The molecule has 0 heterocycles. The first-order valence-corrected chi connectivity index (χ1v) is 22.2. The van der Waals surface area contributed by atoms with E-state index in [1.165, 1.54) is 141 Å². The molecule has 0 amide bonds. The van der Waals surface area contributed by atoms with Gasteiger partial charge in [-0.2, -0.15) is 0 Å². The molecule has 0 aliphatic heterocycles. The third-order valence-corrected chi connectivity index (χ3v) is 9.77. The second-order valence-electron chi connectivity index (χ2n) is 15.0. The summed E-state index contributed by atoms with van der Waals surface area (Å²) in [6.45, 7) is 6.58. The average molecular weight is 721 g/mol.